The molecule has 2 aromatic carbocycles. The molecule has 0 saturated carbocycles. The summed E-state index contributed by atoms with van der Waals surface area (Å²) in [6.07, 6.45) is -4.08. The summed E-state index contributed by atoms with van der Waals surface area (Å²) in [5, 5.41) is 0. The van der Waals surface area contributed by atoms with Crippen LogP contribution in [-0.4, -0.2) is 5.91 Å². The third-order valence-electron chi connectivity index (χ3n) is 3.30. The van der Waals surface area contributed by atoms with Crippen molar-refractivity contribution in [1.82, 2.24) is 0 Å². The molecule has 122 valence electrons. The number of anilines is 2. The van der Waals surface area contributed by atoms with Crippen LogP contribution in [-0.2, 0) is 11.0 Å². The normalized spacial score (nSPS) is 11.6. The minimum absolute atomic E-state index is 0.147. The molecule has 0 aliphatic carbocycles. The number of para-hydroxylation sites is 1. The predicted molar refractivity (Wildman–Crippen MR) is 84.5 cm³/mol. The molecule has 0 N–H and O–H groups in total. The molecule has 5 heteroatoms. The molecule has 0 heterocycles. The van der Waals surface area contributed by atoms with Crippen molar-refractivity contribution in [2.45, 2.75) is 26.4 Å². The minimum atomic E-state index is -4.39. The van der Waals surface area contributed by atoms with E-state index in [4.69, 9.17) is 0 Å². The average Bonchev–Trinajstić information content (AvgIpc) is 2.47. The summed E-state index contributed by atoms with van der Waals surface area (Å²) < 4.78 is 38.1. The van der Waals surface area contributed by atoms with Gasteiger partial charge >= 0.3 is 6.18 Å². The molecule has 2 aromatic rings. The zero-order valence-electron chi connectivity index (χ0n) is 13.0. The quantitative estimate of drug-likeness (QED) is 0.736. The lowest BCUT2D eigenvalue weighted by Gasteiger charge is -2.24. The fourth-order valence-electron chi connectivity index (χ4n) is 2.25. The number of alkyl halides is 3. The second-order valence-corrected chi connectivity index (χ2v) is 5.71. The number of hydrogen-bond donors (Lipinski definition) is 0. The van der Waals surface area contributed by atoms with Gasteiger partial charge in [0.2, 0.25) is 5.91 Å². The Kier molecular flexibility index (Phi) is 5.08. The Morgan fingerprint density at radius 1 is 0.957 bits per heavy atom. The van der Waals surface area contributed by atoms with Gasteiger partial charge in [-0.15, -0.1) is 0 Å². The second kappa shape index (κ2) is 6.86. The Balaban J connectivity index is 2.40. The van der Waals surface area contributed by atoms with Gasteiger partial charge < -0.3 is 0 Å². The number of carbonyl (C=O) groups excluding carboxylic acids is 1. The summed E-state index contributed by atoms with van der Waals surface area (Å²) >= 11 is 0. The van der Waals surface area contributed by atoms with Crippen molar-refractivity contribution in [3.63, 3.8) is 0 Å². The van der Waals surface area contributed by atoms with Gasteiger partial charge in [-0.3, -0.25) is 9.69 Å². The molecule has 2 nitrogen and oxygen atoms in total. The van der Waals surface area contributed by atoms with Crippen LogP contribution in [0.25, 0.3) is 0 Å². The Hall–Kier alpha value is -2.30. The summed E-state index contributed by atoms with van der Waals surface area (Å²) in [5.74, 6) is 0.00844. The molecular weight excluding hydrogens is 303 g/mol. The number of nitrogens with zero attached hydrogens (tertiary/aromatic N) is 1. The standard InChI is InChI=1S/C18H18F3NO/c1-13(2)12-17(23)22(15-6-4-3-5-7-15)16-10-8-14(9-11-16)18(19,20)21/h3-11,13H,12H2,1-2H3. The van der Waals surface area contributed by atoms with Gasteiger partial charge in [0, 0.05) is 17.8 Å². The zero-order chi connectivity index (χ0) is 17.0. The van der Waals surface area contributed by atoms with Gasteiger partial charge in [0.15, 0.2) is 0 Å². The van der Waals surface area contributed by atoms with Crippen molar-refractivity contribution in [1.29, 1.82) is 0 Å². The Bertz CT molecular complexity index is 648. The maximum Gasteiger partial charge on any atom is 0.416 e. The average molecular weight is 321 g/mol. The summed E-state index contributed by atoms with van der Waals surface area (Å²) in [4.78, 5) is 14.0. The topological polar surface area (TPSA) is 20.3 Å². The van der Waals surface area contributed by atoms with E-state index >= 15 is 0 Å². The van der Waals surface area contributed by atoms with E-state index in [0.29, 0.717) is 17.8 Å². The lowest BCUT2D eigenvalue weighted by molar-refractivity contribution is -0.137. The molecule has 2 rings (SSSR count). The first-order valence-electron chi connectivity index (χ1n) is 7.34. The lowest BCUT2D eigenvalue weighted by atomic mass is 10.1. The largest absolute Gasteiger partial charge is 0.416 e. The summed E-state index contributed by atoms with van der Waals surface area (Å²) in [7, 11) is 0. The molecular formula is C18H18F3NO. The van der Waals surface area contributed by atoms with Gasteiger partial charge in [-0.25, -0.2) is 0 Å². The van der Waals surface area contributed by atoms with Crippen LogP contribution in [0, 0.1) is 5.92 Å². The molecule has 0 bridgehead atoms. The third kappa shape index (κ3) is 4.34. The highest BCUT2D eigenvalue weighted by Crippen LogP contribution is 2.32. The summed E-state index contributed by atoms with van der Waals surface area (Å²) in [5.41, 5.74) is 0.332. The van der Waals surface area contributed by atoms with E-state index < -0.39 is 11.7 Å². The SMILES string of the molecule is CC(C)CC(=O)N(c1ccccc1)c1ccc(C(F)(F)F)cc1. The highest BCUT2D eigenvalue weighted by molar-refractivity contribution is 6.00. The first-order chi connectivity index (χ1) is 10.8. The van der Waals surface area contributed by atoms with E-state index in [0.717, 1.165) is 12.1 Å². The molecule has 0 aliphatic rings. The van der Waals surface area contributed by atoms with Gasteiger partial charge in [0.05, 0.1) is 5.56 Å². The first-order valence-corrected chi connectivity index (χ1v) is 7.34. The summed E-state index contributed by atoms with van der Waals surface area (Å²) in [6, 6.07) is 13.6. The fraction of sp³-hybridized carbons (Fsp3) is 0.278. The molecule has 23 heavy (non-hydrogen) atoms. The van der Waals surface area contributed by atoms with Crippen molar-refractivity contribution in [2.24, 2.45) is 5.92 Å². The Labute approximate surface area is 133 Å². The maximum absolute atomic E-state index is 12.7. The summed E-state index contributed by atoms with van der Waals surface area (Å²) in [6.45, 7) is 3.85. The van der Waals surface area contributed by atoms with Crippen LogP contribution in [0.1, 0.15) is 25.8 Å². The smallest absolute Gasteiger partial charge is 0.281 e. The minimum Gasteiger partial charge on any atom is -0.281 e. The van der Waals surface area contributed by atoms with E-state index in [2.05, 4.69) is 0 Å². The number of hydrogen-bond acceptors (Lipinski definition) is 1. The van der Waals surface area contributed by atoms with E-state index in [-0.39, 0.29) is 11.8 Å². The molecule has 1 amide bonds. The predicted octanol–water partition coefficient (Wildman–Crippen LogP) is 5.42. The van der Waals surface area contributed by atoms with E-state index in [1.165, 1.54) is 17.0 Å². The Morgan fingerprint density at radius 2 is 1.48 bits per heavy atom. The molecule has 0 aliphatic heterocycles. The number of halogens is 3. The molecule has 0 fully saturated rings. The number of benzene rings is 2. The molecule has 0 spiro atoms. The zero-order valence-corrected chi connectivity index (χ0v) is 13.0. The van der Waals surface area contributed by atoms with Crippen LogP contribution >= 0.6 is 0 Å². The van der Waals surface area contributed by atoms with Gasteiger partial charge in [-0.2, -0.15) is 13.2 Å². The first kappa shape index (κ1) is 17.1. The van der Waals surface area contributed by atoms with Crippen LogP contribution in [0.15, 0.2) is 54.6 Å². The van der Waals surface area contributed by atoms with Crippen molar-refractivity contribution >= 4 is 17.3 Å². The van der Waals surface area contributed by atoms with Crippen LogP contribution in [0.5, 0.6) is 0 Å². The molecule has 0 atom stereocenters. The maximum atomic E-state index is 12.7. The van der Waals surface area contributed by atoms with Gasteiger partial charge in [0.1, 0.15) is 0 Å². The van der Waals surface area contributed by atoms with Crippen molar-refractivity contribution < 1.29 is 18.0 Å². The number of rotatable bonds is 4. The third-order valence-corrected chi connectivity index (χ3v) is 3.30. The highest BCUT2D eigenvalue weighted by atomic mass is 19.4. The van der Waals surface area contributed by atoms with Gasteiger partial charge in [-0.1, -0.05) is 32.0 Å². The Morgan fingerprint density at radius 3 is 1.96 bits per heavy atom. The van der Waals surface area contributed by atoms with Crippen molar-refractivity contribution in [3.05, 3.63) is 60.2 Å². The number of amides is 1. The van der Waals surface area contributed by atoms with Crippen LogP contribution in [0.2, 0.25) is 0 Å². The van der Waals surface area contributed by atoms with Crippen LogP contribution < -0.4 is 4.90 Å². The van der Waals surface area contributed by atoms with E-state index in [1.807, 2.05) is 19.9 Å². The highest BCUT2D eigenvalue weighted by Gasteiger charge is 2.30. The van der Waals surface area contributed by atoms with E-state index in [1.54, 1.807) is 24.3 Å². The van der Waals surface area contributed by atoms with Crippen LogP contribution in [0.4, 0.5) is 24.5 Å². The van der Waals surface area contributed by atoms with Gasteiger partial charge in [-0.05, 0) is 42.3 Å². The molecule has 0 aromatic heterocycles. The monoisotopic (exact) mass is 321 g/mol. The van der Waals surface area contributed by atoms with Crippen LogP contribution in [0.3, 0.4) is 0 Å². The van der Waals surface area contributed by atoms with E-state index in [9.17, 15) is 18.0 Å². The van der Waals surface area contributed by atoms with Crippen molar-refractivity contribution in [3.8, 4) is 0 Å². The molecule has 0 saturated heterocycles. The molecule has 0 unspecified atom stereocenters. The second-order valence-electron chi connectivity index (χ2n) is 5.71. The fourth-order valence-corrected chi connectivity index (χ4v) is 2.25. The lowest BCUT2D eigenvalue weighted by Crippen LogP contribution is -2.27. The number of carbonyl (C=O) groups is 1. The van der Waals surface area contributed by atoms with Crippen molar-refractivity contribution in [2.75, 3.05) is 4.90 Å². The van der Waals surface area contributed by atoms with Gasteiger partial charge in [0.25, 0.3) is 0 Å². The molecule has 0 radical (unpaired) electrons.